The second kappa shape index (κ2) is 4.98. The molecule has 7 heteroatoms. The number of aryl methyl sites for hydroxylation is 1. The van der Waals surface area contributed by atoms with Crippen molar-refractivity contribution in [1.29, 1.82) is 5.26 Å². The van der Waals surface area contributed by atoms with Crippen molar-refractivity contribution in [3.63, 3.8) is 0 Å². The lowest BCUT2D eigenvalue weighted by molar-refractivity contribution is 0.580. The van der Waals surface area contributed by atoms with Gasteiger partial charge in [-0.15, -0.1) is 6.42 Å². The third kappa shape index (κ3) is 2.06. The van der Waals surface area contributed by atoms with Crippen molar-refractivity contribution >= 4 is 0 Å². The van der Waals surface area contributed by atoms with Crippen LogP contribution in [0.2, 0.25) is 0 Å². The first-order valence-corrected chi connectivity index (χ1v) is 5.49. The van der Waals surface area contributed by atoms with Crippen molar-refractivity contribution in [3.05, 3.63) is 45.6 Å². The van der Waals surface area contributed by atoms with Gasteiger partial charge in [-0.2, -0.15) is 15.0 Å². The maximum atomic E-state index is 13.8. The molecule has 0 unspecified atom stereocenters. The van der Waals surface area contributed by atoms with E-state index in [9.17, 15) is 13.6 Å². The summed E-state index contributed by atoms with van der Waals surface area (Å²) in [7, 11) is 0. The van der Waals surface area contributed by atoms with Crippen LogP contribution in [0.3, 0.4) is 0 Å². The Bertz CT molecular complexity index is 821. The van der Waals surface area contributed by atoms with Crippen molar-refractivity contribution in [2.75, 3.05) is 0 Å². The second-order valence-electron chi connectivity index (χ2n) is 3.93. The van der Waals surface area contributed by atoms with E-state index < -0.39 is 22.9 Å². The molecule has 0 spiro atoms. The van der Waals surface area contributed by atoms with Crippen LogP contribution in [0, 0.1) is 42.2 Å². The molecule has 1 heterocycles. The highest BCUT2D eigenvalue weighted by Gasteiger charge is 2.17. The molecule has 1 aromatic carbocycles. The number of aromatic nitrogens is 3. The number of nitrogens with zero attached hydrogens (tertiary/aromatic N) is 4. The van der Waals surface area contributed by atoms with Gasteiger partial charge in [0.2, 0.25) is 0 Å². The highest BCUT2D eigenvalue weighted by Crippen LogP contribution is 2.16. The smallest absolute Gasteiger partial charge is 0.267 e. The SMILES string of the molecule is C#CCn1c(C)nn(-c2cc(F)c(C#N)cc2F)c1=O. The molecule has 0 aliphatic heterocycles. The number of hydrogen-bond acceptors (Lipinski definition) is 3. The molecule has 0 fully saturated rings. The van der Waals surface area contributed by atoms with Crippen LogP contribution in [-0.4, -0.2) is 14.3 Å². The summed E-state index contributed by atoms with van der Waals surface area (Å²) in [6.45, 7) is 1.50. The lowest BCUT2D eigenvalue weighted by atomic mass is 10.2. The van der Waals surface area contributed by atoms with Crippen molar-refractivity contribution < 1.29 is 8.78 Å². The molecular weight excluding hydrogens is 266 g/mol. The molecule has 0 N–H and O–H groups in total. The summed E-state index contributed by atoms with van der Waals surface area (Å²) in [6, 6.07) is 2.98. The molecule has 100 valence electrons. The van der Waals surface area contributed by atoms with E-state index in [1.54, 1.807) is 0 Å². The van der Waals surface area contributed by atoms with Gasteiger partial charge in [0.1, 0.15) is 23.4 Å². The number of nitriles is 1. The molecule has 0 saturated heterocycles. The predicted molar refractivity (Wildman–Crippen MR) is 66.0 cm³/mol. The summed E-state index contributed by atoms with van der Waals surface area (Å²) < 4.78 is 29.2. The molecule has 0 radical (unpaired) electrons. The van der Waals surface area contributed by atoms with E-state index in [0.717, 1.165) is 10.6 Å². The highest BCUT2D eigenvalue weighted by molar-refractivity contribution is 5.41. The van der Waals surface area contributed by atoms with E-state index in [-0.39, 0.29) is 18.1 Å². The van der Waals surface area contributed by atoms with Gasteiger partial charge in [0, 0.05) is 6.07 Å². The molecule has 2 aromatic rings. The van der Waals surface area contributed by atoms with Gasteiger partial charge >= 0.3 is 5.69 Å². The van der Waals surface area contributed by atoms with Crippen LogP contribution in [0.5, 0.6) is 0 Å². The lowest BCUT2D eigenvalue weighted by Crippen LogP contribution is -2.24. The largest absolute Gasteiger partial charge is 0.351 e. The summed E-state index contributed by atoms with van der Waals surface area (Å²) in [6.07, 6.45) is 5.12. The van der Waals surface area contributed by atoms with Gasteiger partial charge in [0.25, 0.3) is 0 Å². The minimum Gasteiger partial charge on any atom is -0.267 e. The van der Waals surface area contributed by atoms with Crippen LogP contribution in [0.1, 0.15) is 11.4 Å². The first-order valence-electron chi connectivity index (χ1n) is 5.49. The Hall–Kier alpha value is -2.93. The Morgan fingerprint density at radius 3 is 2.70 bits per heavy atom. The van der Waals surface area contributed by atoms with E-state index in [2.05, 4.69) is 11.0 Å². The zero-order valence-electron chi connectivity index (χ0n) is 10.4. The van der Waals surface area contributed by atoms with Crippen molar-refractivity contribution in [2.45, 2.75) is 13.5 Å². The van der Waals surface area contributed by atoms with Gasteiger partial charge in [-0.3, -0.25) is 4.57 Å². The molecule has 0 atom stereocenters. The summed E-state index contributed by atoms with van der Waals surface area (Å²) in [5.41, 5.74) is -1.49. The van der Waals surface area contributed by atoms with Gasteiger partial charge in [0.15, 0.2) is 5.82 Å². The molecule has 0 bridgehead atoms. The molecule has 20 heavy (non-hydrogen) atoms. The maximum absolute atomic E-state index is 13.8. The van der Waals surface area contributed by atoms with Crippen LogP contribution in [0.25, 0.3) is 5.69 Å². The van der Waals surface area contributed by atoms with Gasteiger partial charge in [-0.05, 0) is 13.0 Å². The minimum absolute atomic E-state index is 0.0228. The van der Waals surface area contributed by atoms with Crippen LogP contribution in [0.15, 0.2) is 16.9 Å². The third-order valence-corrected chi connectivity index (χ3v) is 2.68. The molecule has 1 aromatic heterocycles. The third-order valence-electron chi connectivity index (χ3n) is 2.68. The van der Waals surface area contributed by atoms with Crippen LogP contribution in [0.4, 0.5) is 8.78 Å². The number of hydrogen-bond donors (Lipinski definition) is 0. The Balaban J connectivity index is 2.68. The normalized spacial score (nSPS) is 10.1. The Kier molecular flexibility index (Phi) is 3.36. The average molecular weight is 274 g/mol. The Labute approximate surface area is 112 Å². The predicted octanol–water partition coefficient (Wildman–Crippen LogP) is 1.13. The van der Waals surface area contributed by atoms with Crippen molar-refractivity contribution in [1.82, 2.24) is 14.3 Å². The van der Waals surface area contributed by atoms with E-state index >= 15 is 0 Å². The summed E-state index contributed by atoms with van der Waals surface area (Å²) >= 11 is 0. The zero-order chi connectivity index (χ0) is 14.9. The average Bonchev–Trinajstić information content (AvgIpc) is 2.69. The zero-order valence-corrected chi connectivity index (χ0v) is 10.4. The maximum Gasteiger partial charge on any atom is 0.351 e. The monoisotopic (exact) mass is 274 g/mol. The fourth-order valence-corrected chi connectivity index (χ4v) is 1.71. The van der Waals surface area contributed by atoms with E-state index in [1.807, 2.05) is 0 Å². The molecule has 0 saturated carbocycles. The number of terminal acetylenes is 1. The number of rotatable bonds is 2. The summed E-state index contributed by atoms with van der Waals surface area (Å²) in [5.74, 6) is 0.697. The van der Waals surface area contributed by atoms with Crippen LogP contribution < -0.4 is 5.69 Å². The molecule has 5 nitrogen and oxygen atoms in total. The quantitative estimate of drug-likeness (QED) is 0.771. The fraction of sp³-hybridized carbons (Fsp3) is 0.154. The molecule has 0 amide bonds. The topological polar surface area (TPSA) is 63.6 Å². The van der Waals surface area contributed by atoms with Crippen molar-refractivity contribution in [2.24, 2.45) is 0 Å². The Morgan fingerprint density at radius 1 is 1.40 bits per heavy atom. The fourth-order valence-electron chi connectivity index (χ4n) is 1.71. The van der Waals surface area contributed by atoms with E-state index in [1.165, 1.54) is 13.0 Å². The van der Waals surface area contributed by atoms with Crippen LogP contribution >= 0.6 is 0 Å². The highest BCUT2D eigenvalue weighted by atomic mass is 19.1. The Morgan fingerprint density at radius 2 is 2.10 bits per heavy atom. The first kappa shape index (κ1) is 13.5. The second-order valence-corrected chi connectivity index (χ2v) is 3.93. The minimum atomic E-state index is -0.931. The van der Waals surface area contributed by atoms with Gasteiger partial charge in [0.05, 0.1) is 12.1 Å². The van der Waals surface area contributed by atoms with E-state index in [4.69, 9.17) is 11.7 Å². The number of benzene rings is 1. The van der Waals surface area contributed by atoms with Gasteiger partial charge in [-0.25, -0.2) is 13.6 Å². The summed E-state index contributed by atoms with van der Waals surface area (Å²) in [4.78, 5) is 12.0. The lowest BCUT2D eigenvalue weighted by Gasteiger charge is -2.03. The molecule has 0 aliphatic carbocycles. The van der Waals surface area contributed by atoms with Gasteiger partial charge < -0.3 is 0 Å². The van der Waals surface area contributed by atoms with Crippen LogP contribution in [-0.2, 0) is 6.54 Å². The van der Waals surface area contributed by atoms with E-state index in [0.29, 0.717) is 10.7 Å². The first-order chi connectivity index (χ1) is 9.49. The standard InChI is InChI=1S/C13H8F2N4O/c1-3-4-18-8(2)17-19(13(18)20)12-6-10(14)9(7-16)5-11(12)15/h1,5-6H,4H2,2H3. The summed E-state index contributed by atoms with van der Waals surface area (Å²) in [5, 5.41) is 12.4. The molecule has 0 aliphatic rings. The molecule has 2 rings (SSSR count). The van der Waals surface area contributed by atoms with Crippen molar-refractivity contribution in [3.8, 4) is 24.1 Å². The number of halogens is 2. The van der Waals surface area contributed by atoms with Gasteiger partial charge in [-0.1, -0.05) is 5.92 Å². The molecular formula is C13H8F2N4O.